The van der Waals surface area contributed by atoms with E-state index >= 15 is 0 Å². The summed E-state index contributed by atoms with van der Waals surface area (Å²) in [4.78, 5) is 11.5. The Morgan fingerprint density at radius 1 is 1.79 bits per heavy atom. The molecule has 4 heteroatoms. The Morgan fingerprint density at radius 3 is 2.64 bits per heavy atom. The SMILES string of the molecule is C=CC(OC)C(C)(C#N)C(=O)OCC. The third-order valence-electron chi connectivity index (χ3n) is 1.97. The average Bonchev–Trinajstić information content (AvgIpc) is 2.19. The van der Waals surface area contributed by atoms with Crippen molar-refractivity contribution in [1.82, 2.24) is 0 Å². The first-order valence-electron chi connectivity index (χ1n) is 4.30. The zero-order valence-electron chi connectivity index (χ0n) is 8.74. The fourth-order valence-corrected chi connectivity index (χ4v) is 1.07. The largest absolute Gasteiger partial charge is 0.465 e. The van der Waals surface area contributed by atoms with Crippen LogP contribution in [0.5, 0.6) is 0 Å². The van der Waals surface area contributed by atoms with E-state index in [1.165, 1.54) is 20.1 Å². The molecule has 0 amide bonds. The van der Waals surface area contributed by atoms with Gasteiger partial charge in [0.1, 0.15) is 6.10 Å². The summed E-state index contributed by atoms with van der Waals surface area (Å²) in [6, 6.07) is 1.89. The number of nitrogens with zero attached hydrogens (tertiary/aromatic N) is 1. The summed E-state index contributed by atoms with van der Waals surface area (Å²) >= 11 is 0. The van der Waals surface area contributed by atoms with Gasteiger partial charge in [0.2, 0.25) is 0 Å². The first-order chi connectivity index (χ1) is 6.56. The average molecular weight is 197 g/mol. The molecule has 0 aromatic rings. The molecule has 4 nitrogen and oxygen atoms in total. The van der Waals surface area contributed by atoms with Crippen LogP contribution in [0.2, 0.25) is 0 Å². The van der Waals surface area contributed by atoms with Gasteiger partial charge in [0.15, 0.2) is 5.41 Å². The summed E-state index contributed by atoms with van der Waals surface area (Å²) in [5, 5.41) is 8.94. The quantitative estimate of drug-likeness (QED) is 0.492. The van der Waals surface area contributed by atoms with Gasteiger partial charge in [-0.2, -0.15) is 5.26 Å². The zero-order valence-corrected chi connectivity index (χ0v) is 8.74. The molecule has 0 radical (unpaired) electrons. The van der Waals surface area contributed by atoms with Gasteiger partial charge in [0.05, 0.1) is 12.7 Å². The van der Waals surface area contributed by atoms with Crippen molar-refractivity contribution in [3.05, 3.63) is 12.7 Å². The normalized spacial score (nSPS) is 16.1. The molecule has 0 aromatic heterocycles. The van der Waals surface area contributed by atoms with E-state index < -0.39 is 17.5 Å². The fraction of sp³-hybridized carbons (Fsp3) is 0.600. The Balaban J connectivity index is 4.87. The van der Waals surface area contributed by atoms with Gasteiger partial charge < -0.3 is 9.47 Å². The highest BCUT2D eigenvalue weighted by Crippen LogP contribution is 2.25. The Hall–Kier alpha value is -1.34. The van der Waals surface area contributed by atoms with Crippen LogP contribution in [0.25, 0.3) is 0 Å². The van der Waals surface area contributed by atoms with E-state index in [9.17, 15) is 4.79 Å². The molecule has 0 aliphatic carbocycles. The molecule has 0 aliphatic heterocycles. The predicted molar refractivity (Wildman–Crippen MR) is 51.3 cm³/mol. The zero-order chi connectivity index (χ0) is 11.2. The molecule has 78 valence electrons. The molecular weight excluding hydrogens is 182 g/mol. The standard InChI is InChI=1S/C10H15NO3/c1-5-8(13-4)10(3,7-11)9(12)14-6-2/h5,8H,1,6H2,2-4H3. The van der Waals surface area contributed by atoms with Crippen LogP contribution in [0.1, 0.15) is 13.8 Å². The lowest BCUT2D eigenvalue weighted by Crippen LogP contribution is -2.40. The van der Waals surface area contributed by atoms with Crippen LogP contribution in [0, 0.1) is 16.7 Å². The maximum absolute atomic E-state index is 11.5. The number of carbonyl (C=O) groups excluding carboxylic acids is 1. The molecule has 2 unspecified atom stereocenters. The minimum atomic E-state index is -1.33. The Labute approximate surface area is 84.1 Å². The van der Waals surface area contributed by atoms with E-state index in [1.807, 2.05) is 6.07 Å². The molecular formula is C10H15NO3. The number of hydrogen-bond acceptors (Lipinski definition) is 4. The van der Waals surface area contributed by atoms with E-state index in [1.54, 1.807) is 6.92 Å². The third-order valence-corrected chi connectivity index (χ3v) is 1.97. The number of rotatable bonds is 5. The molecule has 0 rings (SSSR count). The van der Waals surface area contributed by atoms with Crippen molar-refractivity contribution in [2.45, 2.75) is 20.0 Å². The minimum absolute atomic E-state index is 0.240. The summed E-state index contributed by atoms with van der Waals surface area (Å²) in [5.41, 5.74) is -1.33. The summed E-state index contributed by atoms with van der Waals surface area (Å²) < 4.78 is 9.77. The van der Waals surface area contributed by atoms with E-state index in [4.69, 9.17) is 14.7 Å². The Bertz CT molecular complexity index is 257. The van der Waals surface area contributed by atoms with Gasteiger partial charge in [0, 0.05) is 7.11 Å². The summed E-state index contributed by atoms with van der Waals surface area (Å²) in [6.45, 7) is 6.90. The van der Waals surface area contributed by atoms with Gasteiger partial charge in [-0.25, -0.2) is 0 Å². The van der Waals surface area contributed by atoms with Crippen molar-refractivity contribution in [3.63, 3.8) is 0 Å². The molecule has 0 N–H and O–H groups in total. The number of carbonyl (C=O) groups is 1. The Morgan fingerprint density at radius 2 is 2.36 bits per heavy atom. The van der Waals surface area contributed by atoms with Crippen molar-refractivity contribution < 1.29 is 14.3 Å². The fourth-order valence-electron chi connectivity index (χ4n) is 1.07. The lowest BCUT2D eigenvalue weighted by atomic mass is 9.86. The van der Waals surface area contributed by atoms with Crippen LogP contribution >= 0.6 is 0 Å². The van der Waals surface area contributed by atoms with Crippen LogP contribution in [-0.4, -0.2) is 25.8 Å². The van der Waals surface area contributed by atoms with E-state index in [0.29, 0.717) is 0 Å². The molecule has 2 atom stereocenters. The first kappa shape index (κ1) is 12.7. The molecule has 0 spiro atoms. The van der Waals surface area contributed by atoms with Gasteiger partial charge in [-0.05, 0) is 13.8 Å². The number of hydrogen-bond donors (Lipinski definition) is 0. The number of methoxy groups -OCH3 is 1. The second-order valence-electron chi connectivity index (χ2n) is 2.93. The topological polar surface area (TPSA) is 59.3 Å². The highest BCUT2D eigenvalue weighted by Gasteiger charge is 2.42. The molecule has 14 heavy (non-hydrogen) atoms. The maximum atomic E-state index is 11.5. The molecule has 0 bridgehead atoms. The predicted octanol–water partition coefficient (Wildman–Crippen LogP) is 1.28. The minimum Gasteiger partial charge on any atom is -0.465 e. The van der Waals surface area contributed by atoms with Gasteiger partial charge in [-0.15, -0.1) is 6.58 Å². The van der Waals surface area contributed by atoms with Gasteiger partial charge in [0.25, 0.3) is 0 Å². The van der Waals surface area contributed by atoms with Crippen molar-refractivity contribution in [2.75, 3.05) is 13.7 Å². The van der Waals surface area contributed by atoms with Crippen LogP contribution in [0.15, 0.2) is 12.7 Å². The monoisotopic (exact) mass is 197 g/mol. The van der Waals surface area contributed by atoms with Gasteiger partial charge in [-0.1, -0.05) is 6.08 Å². The van der Waals surface area contributed by atoms with E-state index in [-0.39, 0.29) is 6.61 Å². The molecule has 0 aliphatic rings. The molecule has 0 aromatic carbocycles. The Kier molecular flexibility index (Phi) is 4.89. The van der Waals surface area contributed by atoms with Gasteiger partial charge >= 0.3 is 5.97 Å². The third kappa shape index (κ3) is 2.33. The highest BCUT2D eigenvalue weighted by molar-refractivity contribution is 5.80. The lowest BCUT2D eigenvalue weighted by molar-refractivity contribution is -0.156. The van der Waals surface area contributed by atoms with Crippen LogP contribution in [0.3, 0.4) is 0 Å². The van der Waals surface area contributed by atoms with Crippen molar-refractivity contribution in [2.24, 2.45) is 5.41 Å². The summed E-state index contributed by atoms with van der Waals surface area (Å²) in [5.74, 6) is -0.589. The summed E-state index contributed by atoms with van der Waals surface area (Å²) in [6.07, 6.45) is 0.756. The summed E-state index contributed by atoms with van der Waals surface area (Å²) in [7, 11) is 1.42. The maximum Gasteiger partial charge on any atom is 0.329 e. The number of nitriles is 1. The highest BCUT2D eigenvalue weighted by atomic mass is 16.5. The molecule has 0 fully saturated rings. The van der Waals surface area contributed by atoms with E-state index in [2.05, 4.69) is 6.58 Å². The number of ether oxygens (including phenoxy) is 2. The molecule has 0 saturated heterocycles. The second-order valence-corrected chi connectivity index (χ2v) is 2.93. The number of esters is 1. The van der Waals surface area contributed by atoms with Gasteiger partial charge in [-0.3, -0.25) is 4.79 Å². The second kappa shape index (κ2) is 5.40. The van der Waals surface area contributed by atoms with Crippen molar-refractivity contribution in [3.8, 4) is 6.07 Å². The van der Waals surface area contributed by atoms with Crippen molar-refractivity contribution >= 4 is 5.97 Å². The lowest BCUT2D eigenvalue weighted by Gasteiger charge is -2.25. The van der Waals surface area contributed by atoms with Crippen molar-refractivity contribution in [1.29, 1.82) is 5.26 Å². The smallest absolute Gasteiger partial charge is 0.329 e. The van der Waals surface area contributed by atoms with Crippen LogP contribution in [0.4, 0.5) is 0 Å². The van der Waals surface area contributed by atoms with Crippen LogP contribution < -0.4 is 0 Å². The van der Waals surface area contributed by atoms with Crippen LogP contribution in [-0.2, 0) is 14.3 Å². The van der Waals surface area contributed by atoms with E-state index in [0.717, 1.165) is 0 Å². The molecule has 0 heterocycles. The molecule has 0 saturated carbocycles. The first-order valence-corrected chi connectivity index (χ1v) is 4.30.